The Labute approximate surface area is 121 Å². The highest BCUT2D eigenvalue weighted by Gasteiger charge is 2.15. The van der Waals surface area contributed by atoms with E-state index in [-0.39, 0.29) is 5.69 Å². The first-order valence-corrected chi connectivity index (χ1v) is 6.46. The Morgan fingerprint density at radius 3 is 2.38 bits per heavy atom. The molecule has 21 heavy (non-hydrogen) atoms. The molecule has 3 aromatic rings. The lowest BCUT2D eigenvalue weighted by Crippen LogP contribution is -2.02. The first-order chi connectivity index (χ1) is 10.1. The number of rotatable bonds is 3. The van der Waals surface area contributed by atoms with E-state index < -0.39 is 5.97 Å². The molecule has 3 rings (SSSR count). The van der Waals surface area contributed by atoms with Crippen molar-refractivity contribution in [3.8, 4) is 16.9 Å². The van der Waals surface area contributed by atoms with Gasteiger partial charge in [-0.25, -0.2) is 9.48 Å². The maximum atomic E-state index is 11.2. The average molecular weight is 279 g/mol. The Bertz CT molecular complexity index is 777. The van der Waals surface area contributed by atoms with Gasteiger partial charge in [0.1, 0.15) is 0 Å². The molecule has 5 heteroatoms. The molecular weight excluding hydrogens is 266 g/mol. The fourth-order valence-corrected chi connectivity index (χ4v) is 2.10. The number of aromatic nitrogens is 3. The van der Waals surface area contributed by atoms with E-state index in [0.717, 1.165) is 22.5 Å². The van der Waals surface area contributed by atoms with Crippen LogP contribution in [0.4, 0.5) is 0 Å². The second-order valence-electron chi connectivity index (χ2n) is 4.70. The van der Waals surface area contributed by atoms with Gasteiger partial charge >= 0.3 is 5.97 Å². The fourth-order valence-electron chi connectivity index (χ4n) is 2.10. The minimum absolute atomic E-state index is 0.0161. The molecule has 0 bridgehead atoms. The number of carboxylic acids is 1. The van der Waals surface area contributed by atoms with Gasteiger partial charge in [0.25, 0.3) is 0 Å². The molecule has 2 aromatic heterocycles. The Morgan fingerprint density at radius 1 is 1.10 bits per heavy atom. The van der Waals surface area contributed by atoms with Crippen LogP contribution in [0.3, 0.4) is 0 Å². The fraction of sp³-hybridized carbons (Fsp3) is 0.0625. The van der Waals surface area contributed by atoms with Crippen LogP contribution in [0.5, 0.6) is 0 Å². The topological polar surface area (TPSA) is 68.0 Å². The van der Waals surface area contributed by atoms with E-state index in [1.54, 1.807) is 35.3 Å². The molecule has 0 aliphatic rings. The van der Waals surface area contributed by atoms with Crippen LogP contribution in [0, 0.1) is 6.92 Å². The van der Waals surface area contributed by atoms with Crippen molar-refractivity contribution in [2.45, 2.75) is 6.92 Å². The predicted octanol–water partition coefficient (Wildman–Crippen LogP) is 2.94. The zero-order valence-corrected chi connectivity index (χ0v) is 11.4. The summed E-state index contributed by atoms with van der Waals surface area (Å²) < 4.78 is 1.62. The third kappa shape index (κ3) is 2.53. The second-order valence-corrected chi connectivity index (χ2v) is 4.70. The SMILES string of the molecule is Cc1ccc(-c2cc(C(=O)O)nn2-c2ccncc2)cc1. The summed E-state index contributed by atoms with van der Waals surface area (Å²) in [5.74, 6) is -1.05. The maximum absolute atomic E-state index is 11.2. The van der Waals surface area contributed by atoms with Crippen LogP contribution in [-0.4, -0.2) is 25.8 Å². The molecule has 0 atom stereocenters. The maximum Gasteiger partial charge on any atom is 0.356 e. The normalized spacial score (nSPS) is 10.5. The van der Waals surface area contributed by atoms with Gasteiger partial charge < -0.3 is 5.11 Å². The molecule has 2 heterocycles. The van der Waals surface area contributed by atoms with E-state index >= 15 is 0 Å². The molecule has 0 amide bonds. The monoisotopic (exact) mass is 279 g/mol. The van der Waals surface area contributed by atoms with Crippen molar-refractivity contribution in [3.63, 3.8) is 0 Å². The summed E-state index contributed by atoms with van der Waals surface area (Å²) >= 11 is 0. The standard InChI is InChI=1S/C16H13N3O2/c1-11-2-4-12(5-3-11)15-10-14(16(20)21)18-19(15)13-6-8-17-9-7-13/h2-10H,1H3,(H,20,21). The van der Waals surface area contributed by atoms with Crippen LogP contribution in [0.2, 0.25) is 0 Å². The average Bonchev–Trinajstić information content (AvgIpc) is 2.94. The minimum atomic E-state index is -1.05. The van der Waals surface area contributed by atoms with Gasteiger partial charge in [-0.15, -0.1) is 0 Å². The number of nitrogens with zero attached hydrogens (tertiary/aromatic N) is 3. The van der Waals surface area contributed by atoms with Crippen molar-refractivity contribution in [2.24, 2.45) is 0 Å². The smallest absolute Gasteiger partial charge is 0.356 e. The van der Waals surface area contributed by atoms with Crippen molar-refractivity contribution in [1.82, 2.24) is 14.8 Å². The number of pyridine rings is 1. The van der Waals surface area contributed by atoms with Crippen LogP contribution in [0.25, 0.3) is 16.9 Å². The van der Waals surface area contributed by atoms with Gasteiger partial charge in [-0.2, -0.15) is 5.10 Å². The molecule has 0 radical (unpaired) electrons. The second kappa shape index (κ2) is 5.20. The number of hydrogen-bond acceptors (Lipinski definition) is 3. The molecule has 0 aliphatic carbocycles. The van der Waals surface area contributed by atoms with E-state index in [1.165, 1.54) is 0 Å². The first-order valence-electron chi connectivity index (χ1n) is 6.46. The molecule has 0 fully saturated rings. The van der Waals surface area contributed by atoms with Gasteiger partial charge in [-0.05, 0) is 25.1 Å². The van der Waals surface area contributed by atoms with E-state index in [2.05, 4.69) is 10.1 Å². The summed E-state index contributed by atoms with van der Waals surface area (Å²) in [5, 5.41) is 13.3. The molecule has 5 nitrogen and oxygen atoms in total. The molecule has 104 valence electrons. The number of hydrogen-bond donors (Lipinski definition) is 1. The van der Waals surface area contributed by atoms with E-state index in [0.29, 0.717) is 0 Å². The van der Waals surface area contributed by atoms with Gasteiger partial charge in [0, 0.05) is 18.0 Å². The Kier molecular flexibility index (Phi) is 3.23. The summed E-state index contributed by atoms with van der Waals surface area (Å²) in [6.07, 6.45) is 3.30. The highest BCUT2D eigenvalue weighted by Crippen LogP contribution is 2.24. The van der Waals surface area contributed by atoms with Crippen molar-refractivity contribution < 1.29 is 9.90 Å². The zero-order valence-electron chi connectivity index (χ0n) is 11.4. The lowest BCUT2D eigenvalue weighted by atomic mass is 10.1. The Hall–Kier alpha value is -2.95. The molecular formula is C16H13N3O2. The highest BCUT2D eigenvalue weighted by molar-refractivity contribution is 5.87. The third-order valence-corrected chi connectivity index (χ3v) is 3.18. The van der Waals surface area contributed by atoms with Crippen LogP contribution in [0.15, 0.2) is 54.9 Å². The molecule has 0 saturated carbocycles. The number of aromatic carboxylic acids is 1. The van der Waals surface area contributed by atoms with Crippen LogP contribution < -0.4 is 0 Å². The van der Waals surface area contributed by atoms with E-state index in [4.69, 9.17) is 0 Å². The Morgan fingerprint density at radius 2 is 1.76 bits per heavy atom. The summed E-state index contributed by atoms with van der Waals surface area (Å²) in [5.41, 5.74) is 3.58. The lowest BCUT2D eigenvalue weighted by Gasteiger charge is -2.07. The van der Waals surface area contributed by atoms with Crippen LogP contribution in [0.1, 0.15) is 16.1 Å². The number of benzene rings is 1. The quantitative estimate of drug-likeness (QED) is 0.800. The van der Waals surface area contributed by atoms with Crippen LogP contribution in [-0.2, 0) is 0 Å². The Balaban J connectivity index is 2.19. The van der Waals surface area contributed by atoms with Crippen molar-refractivity contribution in [3.05, 3.63) is 66.1 Å². The van der Waals surface area contributed by atoms with E-state index in [1.807, 2.05) is 31.2 Å². The van der Waals surface area contributed by atoms with Crippen molar-refractivity contribution >= 4 is 5.97 Å². The largest absolute Gasteiger partial charge is 0.476 e. The van der Waals surface area contributed by atoms with Gasteiger partial charge in [0.05, 0.1) is 11.4 Å². The zero-order chi connectivity index (χ0) is 14.8. The third-order valence-electron chi connectivity index (χ3n) is 3.18. The molecule has 0 unspecified atom stereocenters. The predicted molar refractivity (Wildman–Crippen MR) is 78.5 cm³/mol. The summed E-state index contributed by atoms with van der Waals surface area (Å²) in [6.45, 7) is 2.01. The van der Waals surface area contributed by atoms with E-state index in [9.17, 15) is 9.90 Å². The summed E-state index contributed by atoms with van der Waals surface area (Å²) in [4.78, 5) is 15.2. The lowest BCUT2D eigenvalue weighted by molar-refractivity contribution is 0.0690. The highest BCUT2D eigenvalue weighted by atomic mass is 16.4. The van der Waals surface area contributed by atoms with Gasteiger partial charge in [-0.3, -0.25) is 4.98 Å². The number of carboxylic acid groups (broad SMARTS) is 1. The summed E-state index contributed by atoms with van der Waals surface area (Å²) in [6, 6.07) is 13.0. The minimum Gasteiger partial charge on any atom is -0.476 e. The van der Waals surface area contributed by atoms with Gasteiger partial charge in [0.2, 0.25) is 0 Å². The molecule has 0 aliphatic heterocycles. The number of carbonyl (C=O) groups is 1. The molecule has 1 aromatic carbocycles. The van der Waals surface area contributed by atoms with Crippen molar-refractivity contribution in [2.75, 3.05) is 0 Å². The van der Waals surface area contributed by atoms with Gasteiger partial charge in [-0.1, -0.05) is 29.8 Å². The van der Waals surface area contributed by atoms with Crippen LogP contribution >= 0.6 is 0 Å². The molecule has 0 saturated heterocycles. The molecule has 0 spiro atoms. The van der Waals surface area contributed by atoms with Gasteiger partial charge in [0.15, 0.2) is 5.69 Å². The molecule has 1 N–H and O–H groups in total. The summed E-state index contributed by atoms with van der Waals surface area (Å²) in [7, 11) is 0. The number of aryl methyl sites for hydroxylation is 1. The first kappa shape index (κ1) is 13.1. The van der Waals surface area contributed by atoms with Crippen molar-refractivity contribution in [1.29, 1.82) is 0 Å².